The summed E-state index contributed by atoms with van der Waals surface area (Å²) in [6.07, 6.45) is 3.98. The van der Waals surface area contributed by atoms with Crippen LogP contribution in [-0.2, 0) is 4.74 Å². The first-order valence-corrected chi connectivity index (χ1v) is 6.01. The zero-order valence-corrected chi connectivity index (χ0v) is 10.4. The lowest BCUT2D eigenvalue weighted by Gasteiger charge is -2.23. The molecule has 82 valence electrons. The van der Waals surface area contributed by atoms with Crippen LogP contribution in [0.15, 0.2) is 16.7 Å². The molecule has 0 bridgehead atoms. The Kier molecular flexibility index (Phi) is 3.59. The fraction of sp³-hybridized carbons (Fsp3) is 0.545. The van der Waals surface area contributed by atoms with Gasteiger partial charge in [-0.05, 0) is 47.3 Å². The molecule has 1 aliphatic rings. The maximum absolute atomic E-state index is 5.31. The van der Waals surface area contributed by atoms with Gasteiger partial charge in [0.2, 0.25) is 0 Å². The predicted molar refractivity (Wildman–Crippen MR) is 64.1 cm³/mol. The van der Waals surface area contributed by atoms with Gasteiger partial charge >= 0.3 is 0 Å². The third-order valence-corrected chi connectivity index (χ3v) is 3.45. The van der Waals surface area contributed by atoms with Crippen LogP contribution in [0, 0.1) is 6.92 Å². The first kappa shape index (κ1) is 10.9. The van der Waals surface area contributed by atoms with Crippen LogP contribution in [0.1, 0.15) is 18.4 Å². The Hall–Kier alpha value is -0.610. The monoisotopic (exact) mass is 270 g/mol. The molecule has 1 aliphatic heterocycles. The molecule has 2 rings (SSSR count). The van der Waals surface area contributed by atoms with Crippen LogP contribution in [0.5, 0.6) is 0 Å². The zero-order chi connectivity index (χ0) is 10.7. The second-order valence-electron chi connectivity index (χ2n) is 3.85. The Labute approximate surface area is 98.4 Å². The minimum atomic E-state index is 0.506. The summed E-state index contributed by atoms with van der Waals surface area (Å²) < 4.78 is 6.37. The first-order valence-electron chi connectivity index (χ1n) is 5.22. The Morgan fingerprint density at radius 3 is 2.87 bits per heavy atom. The highest BCUT2D eigenvalue weighted by atomic mass is 79.9. The van der Waals surface area contributed by atoms with E-state index in [1.54, 1.807) is 0 Å². The molecule has 15 heavy (non-hydrogen) atoms. The summed E-state index contributed by atoms with van der Waals surface area (Å²) in [4.78, 5) is 4.33. The van der Waals surface area contributed by atoms with E-state index in [-0.39, 0.29) is 0 Å². The second-order valence-corrected chi connectivity index (χ2v) is 4.70. The number of rotatable bonds is 2. The van der Waals surface area contributed by atoms with E-state index in [0.717, 1.165) is 36.3 Å². The lowest BCUT2D eigenvalue weighted by Crippen LogP contribution is -2.28. The average Bonchev–Trinajstić information content (AvgIpc) is 2.25. The highest BCUT2D eigenvalue weighted by Gasteiger charge is 2.13. The van der Waals surface area contributed by atoms with Crippen LogP contribution in [0.2, 0.25) is 0 Å². The zero-order valence-electron chi connectivity index (χ0n) is 8.79. The van der Waals surface area contributed by atoms with Crippen LogP contribution in [0.4, 0.5) is 5.82 Å². The van der Waals surface area contributed by atoms with Gasteiger partial charge in [0.1, 0.15) is 5.82 Å². The molecule has 0 atom stereocenters. The van der Waals surface area contributed by atoms with E-state index in [0.29, 0.717) is 6.04 Å². The molecule has 0 aromatic carbocycles. The van der Waals surface area contributed by atoms with E-state index in [4.69, 9.17) is 4.74 Å². The van der Waals surface area contributed by atoms with Crippen molar-refractivity contribution in [3.05, 3.63) is 22.3 Å². The lowest BCUT2D eigenvalue weighted by atomic mass is 10.1. The number of nitrogens with zero attached hydrogens (tertiary/aromatic N) is 1. The summed E-state index contributed by atoms with van der Waals surface area (Å²) in [7, 11) is 0. The van der Waals surface area contributed by atoms with Crippen LogP contribution in [-0.4, -0.2) is 24.2 Å². The van der Waals surface area contributed by atoms with E-state index >= 15 is 0 Å². The number of nitrogens with one attached hydrogen (secondary N) is 1. The Balaban J connectivity index is 2.00. The van der Waals surface area contributed by atoms with Crippen LogP contribution in [0.3, 0.4) is 0 Å². The number of aryl methyl sites for hydroxylation is 1. The molecule has 1 N–H and O–H groups in total. The number of halogens is 1. The first-order chi connectivity index (χ1) is 7.25. The molecule has 1 aromatic rings. The molecule has 1 saturated heterocycles. The van der Waals surface area contributed by atoms with Crippen molar-refractivity contribution in [2.24, 2.45) is 0 Å². The van der Waals surface area contributed by atoms with Crippen molar-refractivity contribution < 1.29 is 4.74 Å². The number of ether oxygens (including phenoxy) is 1. The van der Waals surface area contributed by atoms with Crippen molar-refractivity contribution in [2.75, 3.05) is 18.5 Å². The normalized spacial score (nSPS) is 17.7. The standard InChI is InChI=1S/C11H15BrN2O/c1-8-6-11(13-7-10(8)12)14-9-2-4-15-5-3-9/h6-7,9H,2-5H2,1H3,(H,13,14). The third-order valence-electron chi connectivity index (χ3n) is 2.62. The molecule has 3 nitrogen and oxygen atoms in total. The molecular weight excluding hydrogens is 256 g/mol. The van der Waals surface area contributed by atoms with Gasteiger partial charge in [-0.25, -0.2) is 4.98 Å². The van der Waals surface area contributed by atoms with Gasteiger partial charge in [0.15, 0.2) is 0 Å². The van der Waals surface area contributed by atoms with Gasteiger partial charge in [-0.15, -0.1) is 0 Å². The summed E-state index contributed by atoms with van der Waals surface area (Å²) in [5, 5.41) is 3.44. The Morgan fingerprint density at radius 1 is 1.47 bits per heavy atom. The van der Waals surface area contributed by atoms with E-state index < -0.39 is 0 Å². The average molecular weight is 271 g/mol. The van der Waals surface area contributed by atoms with Crippen molar-refractivity contribution in [1.82, 2.24) is 4.98 Å². The minimum Gasteiger partial charge on any atom is -0.381 e. The molecule has 1 fully saturated rings. The third kappa shape index (κ3) is 2.92. The Morgan fingerprint density at radius 2 is 2.20 bits per heavy atom. The fourth-order valence-electron chi connectivity index (χ4n) is 1.67. The van der Waals surface area contributed by atoms with Crippen molar-refractivity contribution in [1.29, 1.82) is 0 Å². The highest BCUT2D eigenvalue weighted by Crippen LogP contribution is 2.19. The molecule has 0 unspecified atom stereocenters. The summed E-state index contributed by atoms with van der Waals surface area (Å²) >= 11 is 3.44. The van der Waals surface area contributed by atoms with Crippen molar-refractivity contribution in [2.45, 2.75) is 25.8 Å². The van der Waals surface area contributed by atoms with Crippen molar-refractivity contribution in [3.8, 4) is 0 Å². The SMILES string of the molecule is Cc1cc(NC2CCOCC2)ncc1Br. The van der Waals surface area contributed by atoms with E-state index in [1.807, 2.05) is 6.20 Å². The molecule has 2 heterocycles. The van der Waals surface area contributed by atoms with Gasteiger partial charge in [0.05, 0.1) is 0 Å². The van der Waals surface area contributed by atoms with Crippen LogP contribution in [0.25, 0.3) is 0 Å². The van der Waals surface area contributed by atoms with Gasteiger partial charge in [-0.2, -0.15) is 0 Å². The summed E-state index contributed by atoms with van der Waals surface area (Å²) in [6.45, 7) is 3.78. The van der Waals surface area contributed by atoms with Crippen molar-refractivity contribution >= 4 is 21.7 Å². The van der Waals surface area contributed by atoms with E-state index in [9.17, 15) is 0 Å². The summed E-state index contributed by atoms with van der Waals surface area (Å²) in [6, 6.07) is 2.58. The lowest BCUT2D eigenvalue weighted by molar-refractivity contribution is 0.0904. The van der Waals surface area contributed by atoms with Gasteiger partial charge in [-0.3, -0.25) is 0 Å². The molecule has 0 spiro atoms. The summed E-state index contributed by atoms with van der Waals surface area (Å²) in [5.41, 5.74) is 1.21. The second kappa shape index (κ2) is 4.94. The molecular formula is C11H15BrN2O. The number of hydrogen-bond donors (Lipinski definition) is 1. The van der Waals surface area contributed by atoms with Gasteiger partial charge in [0.25, 0.3) is 0 Å². The molecule has 0 aliphatic carbocycles. The van der Waals surface area contributed by atoms with E-state index in [2.05, 4.69) is 39.2 Å². The largest absolute Gasteiger partial charge is 0.381 e. The predicted octanol–water partition coefficient (Wildman–Crippen LogP) is 2.74. The molecule has 0 saturated carbocycles. The fourth-order valence-corrected chi connectivity index (χ4v) is 1.89. The molecule has 4 heteroatoms. The van der Waals surface area contributed by atoms with Crippen LogP contribution >= 0.6 is 15.9 Å². The number of hydrogen-bond acceptors (Lipinski definition) is 3. The Bertz CT molecular complexity index is 337. The maximum Gasteiger partial charge on any atom is 0.126 e. The van der Waals surface area contributed by atoms with Gasteiger partial charge < -0.3 is 10.1 Å². The molecule has 0 radical (unpaired) electrons. The molecule has 1 aromatic heterocycles. The highest BCUT2D eigenvalue weighted by molar-refractivity contribution is 9.10. The maximum atomic E-state index is 5.31. The minimum absolute atomic E-state index is 0.506. The number of aromatic nitrogens is 1. The number of anilines is 1. The molecule has 0 amide bonds. The van der Waals surface area contributed by atoms with Crippen LogP contribution < -0.4 is 5.32 Å². The van der Waals surface area contributed by atoms with Crippen molar-refractivity contribution in [3.63, 3.8) is 0 Å². The number of pyridine rings is 1. The topological polar surface area (TPSA) is 34.1 Å². The smallest absolute Gasteiger partial charge is 0.126 e. The summed E-state index contributed by atoms with van der Waals surface area (Å²) in [5.74, 6) is 0.961. The van der Waals surface area contributed by atoms with E-state index in [1.165, 1.54) is 5.56 Å². The van der Waals surface area contributed by atoms with Gasteiger partial charge in [-0.1, -0.05) is 0 Å². The van der Waals surface area contributed by atoms with Gasteiger partial charge in [0, 0.05) is 29.9 Å². The quantitative estimate of drug-likeness (QED) is 0.898.